The molecule has 0 aromatic heterocycles. The molecule has 3 amide bonds. The quantitative estimate of drug-likeness (QED) is 0.0883. The number of sulfonamides is 1. The first-order valence-corrected chi connectivity index (χ1v) is 16.9. The van der Waals surface area contributed by atoms with Gasteiger partial charge in [0.2, 0.25) is 15.9 Å². The first-order valence-electron chi connectivity index (χ1n) is 15.3. The minimum absolute atomic E-state index is 0.0668. The molecule has 0 saturated heterocycles. The summed E-state index contributed by atoms with van der Waals surface area (Å²) in [5.74, 6) is -4.04. The highest BCUT2D eigenvalue weighted by molar-refractivity contribution is 7.89. The van der Waals surface area contributed by atoms with Crippen LogP contribution in [0, 0.1) is 0 Å². The lowest BCUT2D eigenvalue weighted by Crippen LogP contribution is -2.52. The molecule has 3 aromatic carbocycles. The summed E-state index contributed by atoms with van der Waals surface area (Å²) >= 11 is 0. The van der Waals surface area contributed by atoms with Crippen molar-refractivity contribution in [3.63, 3.8) is 0 Å². The van der Waals surface area contributed by atoms with E-state index in [1.54, 1.807) is 0 Å². The first-order chi connectivity index (χ1) is 23.5. The van der Waals surface area contributed by atoms with E-state index in [-0.39, 0.29) is 29.1 Å². The molecule has 3 aromatic rings. The summed E-state index contributed by atoms with van der Waals surface area (Å²) < 4.78 is 69.1. The first kappa shape index (κ1) is 39.3. The zero-order valence-electron chi connectivity index (χ0n) is 26.8. The van der Waals surface area contributed by atoms with Crippen LogP contribution in [0.1, 0.15) is 54.5 Å². The van der Waals surface area contributed by atoms with Crippen molar-refractivity contribution in [1.82, 2.24) is 16.0 Å². The Labute approximate surface area is 286 Å². The molecule has 3 rings (SSSR count). The normalized spacial score (nSPS) is 12.8. The van der Waals surface area contributed by atoms with Gasteiger partial charge in [-0.3, -0.25) is 4.79 Å². The number of urea groups is 1. The van der Waals surface area contributed by atoms with Gasteiger partial charge < -0.3 is 30.9 Å². The number of nitrogens with two attached hydrogens (primary N) is 1. The Morgan fingerprint density at radius 2 is 1.46 bits per heavy atom. The van der Waals surface area contributed by atoms with E-state index in [9.17, 15) is 40.8 Å². The number of carboxylic acids is 2. The van der Waals surface area contributed by atoms with E-state index in [1.165, 1.54) is 60.7 Å². The second-order valence-electron chi connectivity index (χ2n) is 11.3. The number of carbonyl (C=O) groups excluding carboxylic acids is 2. The summed E-state index contributed by atoms with van der Waals surface area (Å²) in [5.41, 5.74) is 0.0582. The van der Waals surface area contributed by atoms with E-state index in [0.717, 1.165) is 25.0 Å². The van der Waals surface area contributed by atoms with Crippen LogP contribution in [-0.4, -0.2) is 61.2 Å². The van der Waals surface area contributed by atoms with Crippen LogP contribution < -0.4 is 25.8 Å². The van der Waals surface area contributed by atoms with Crippen molar-refractivity contribution in [1.29, 1.82) is 0 Å². The number of unbranched alkanes of at least 4 members (excludes halogenated alkanes) is 2. The molecule has 0 aliphatic heterocycles. The zero-order valence-corrected chi connectivity index (χ0v) is 27.6. The van der Waals surface area contributed by atoms with Gasteiger partial charge in [0.25, 0.3) is 6.10 Å². The summed E-state index contributed by atoms with van der Waals surface area (Å²) in [4.78, 5) is 48.8. The molecule has 13 nitrogen and oxygen atoms in total. The second-order valence-corrected chi connectivity index (χ2v) is 12.8. The molecule has 270 valence electrons. The number of aliphatic carboxylic acids is 2. The van der Waals surface area contributed by atoms with E-state index >= 15 is 0 Å². The fourth-order valence-electron chi connectivity index (χ4n) is 4.79. The molecule has 0 saturated carbocycles. The lowest BCUT2D eigenvalue weighted by atomic mass is 9.97. The number of benzene rings is 3. The van der Waals surface area contributed by atoms with Crippen molar-refractivity contribution in [3.8, 4) is 5.75 Å². The molecule has 7 N–H and O–H groups in total. The van der Waals surface area contributed by atoms with Gasteiger partial charge in [0.1, 0.15) is 11.8 Å². The maximum Gasteiger partial charge on any atom is 0.416 e. The number of ether oxygens (including phenoxy) is 1. The van der Waals surface area contributed by atoms with Crippen LogP contribution in [0.2, 0.25) is 0 Å². The van der Waals surface area contributed by atoms with Crippen molar-refractivity contribution >= 4 is 33.9 Å². The molecule has 0 aliphatic carbocycles. The maximum atomic E-state index is 13.6. The Morgan fingerprint density at radius 3 is 2.02 bits per heavy atom. The molecular formula is C33H37F3N4O9S. The number of carboxylic acid groups (broad SMARTS) is 2. The maximum absolute atomic E-state index is 13.6. The van der Waals surface area contributed by atoms with Gasteiger partial charge in [-0.15, -0.1) is 0 Å². The monoisotopic (exact) mass is 722 g/mol. The molecule has 2 atom stereocenters. The van der Waals surface area contributed by atoms with Crippen molar-refractivity contribution in [2.45, 2.75) is 68.3 Å². The predicted octanol–water partition coefficient (Wildman–Crippen LogP) is 3.77. The third-order valence-electron chi connectivity index (χ3n) is 7.38. The van der Waals surface area contributed by atoms with E-state index < -0.39 is 63.8 Å². The largest absolute Gasteiger partial charge is 0.478 e. The minimum Gasteiger partial charge on any atom is -0.478 e. The molecule has 0 bridgehead atoms. The molecule has 0 radical (unpaired) electrons. The summed E-state index contributed by atoms with van der Waals surface area (Å²) in [6.07, 6.45) is -4.58. The third kappa shape index (κ3) is 12.1. The van der Waals surface area contributed by atoms with Gasteiger partial charge in [0.05, 0.1) is 16.5 Å². The number of alkyl halides is 3. The topological polar surface area (TPSA) is 214 Å². The number of hydrogen-bond acceptors (Lipinski definition) is 7. The highest BCUT2D eigenvalue weighted by atomic mass is 32.2. The van der Waals surface area contributed by atoms with Gasteiger partial charge in [-0.25, -0.2) is 27.9 Å². The van der Waals surface area contributed by atoms with Crippen LogP contribution in [0.15, 0.2) is 77.7 Å². The number of halogens is 3. The van der Waals surface area contributed by atoms with E-state index in [2.05, 4.69) is 16.0 Å². The summed E-state index contributed by atoms with van der Waals surface area (Å²) in [6, 6.07) is 12.0. The van der Waals surface area contributed by atoms with E-state index in [0.29, 0.717) is 24.1 Å². The Hall–Kier alpha value is -5.16. The number of amides is 3. The van der Waals surface area contributed by atoms with Gasteiger partial charge in [0.15, 0.2) is 0 Å². The van der Waals surface area contributed by atoms with Crippen LogP contribution in [-0.2, 0) is 43.4 Å². The van der Waals surface area contributed by atoms with Gasteiger partial charge in [-0.05, 0) is 65.9 Å². The Morgan fingerprint density at radius 1 is 0.860 bits per heavy atom. The Balaban J connectivity index is 1.86. The number of rotatable bonds is 17. The fraction of sp³-hybridized carbons (Fsp3) is 0.333. The molecule has 0 fully saturated rings. The summed E-state index contributed by atoms with van der Waals surface area (Å²) in [6.45, 7) is 2.29. The smallest absolute Gasteiger partial charge is 0.416 e. The molecule has 50 heavy (non-hydrogen) atoms. The van der Waals surface area contributed by atoms with Crippen molar-refractivity contribution < 1.29 is 55.7 Å². The van der Waals surface area contributed by atoms with Crippen LogP contribution in [0.5, 0.6) is 5.75 Å². The molecular weight excluding hydrogens is 685 g/mol. The van der Waals surface area contributed by atoms with E-state index in [1.807, 2.05) is 6.92 Å². The Bertz CT molecular complexity index is 1740. The number of primary sulfonamides is 1. The highest BCUT2D eigenvalue weighted by Crippen LogP contribution is 2.31. The van der Waals surface area contributed by atoms with Crippen LogP contribution >= 0.6 is 0 Å². The van der Waals surface area contributed by atoms with Crippen LogP contribution in [0.4, 0.5) is 18.0 Å². The molecule has 0 aliphatic rings. The average Bonchev–Trinajstić information content (AvgIpc) is 3.04. The molecule has 0 heterocycles. The zero-order chi connectivity index (χ0) is 37.1. The van der Waals surface area contributed by atoms with Crippen molar-refractivity contribution in [2.75, 3.05) is 6.54 Å². The average molecular weight is 723 g/mol. The van der Waals surface area contributed by atoms with Gasteiger partial charge in [-0.2, -0.15) is 13.2 Å². The lowest BCUT2D eigenvalue weighted by Gasteiger charge is -2.24. The summed E-state index contributed by atoms with van der Waals surface area (Å²) in [7, 11) is -4.01. The van der Waals surface area contributed by atoms with Crippen LogP contribution in [0.25, 0.3) is 0 Å². The number of nitrogens with one attached hydrogen (secondary N) is 3. The minimum atomic E-state index is -4.68. The standard InChI is InChI=1S/C33H37F3N4O9S/c1-2-3-4-16-38-29(41)27(18-20-8-12-24(13-9-20)49-28(30(42)43)31(44)45)40-32(46)39-26(22-6-5-7-23(19-22)33(34,35)36)17-21-10-14-25(15-11-21)50(37,47)48/h5-15,19,26-28H,2-4,16-18H2,1H3,(H,38,41)(H,42,43)(H,44,45)(H2,37,47,48)(H2,39,40,46)/t26?,27-/m0/s1. The van der Waals surface area contributed by atoms with Crippen molar-refractivity contribution in [3.05, 3.63) is 95.1 Å². The van der Waals surface area contributed by atoms with E-state index in [4.69, 9.17) is 20.1 Å². The van der Waals surface area contributed by atoms with Crippen molar-refractivity contribution in [2.24, 2.45) is 5.14 Å². The molecule has 17 heteroatoms. The molecule has 0 spiro atoms. The third-order valence-corrected chi connectivity index (χ3v) is 8.31. The SMILES string of the molecule is CCCCCNC(=O)[C@H](Cc1ccc(OC(C(=O)O)C(=O)O)cc1)NC(=O)NC(Cc1ccc(S(N)(=O)=O)cc1)c1cccc(C(F)(F)F)c1. The highest BCUT2D eigenvalue weighted by Gasteiger charge is 2.32. The Kier molecular flexibility index (Phi) is 13.7. The number of hydrogen-bond donors (Lipinski definition) is 6. The van der Waals surface area contributed by atoms with Crippen LogP contribution in [0.3, 0.4) is 0 Å². The van der Waals surface area contributed by atoms with Gasteiger partial charge >= 0.3 is 24.1 Å². The van der Waals surface area contributed by atoms with Gasteiger partial charge in [0, 0.05) is 13.0 Å². The lowest BCUT2D eigenvalue weighted by molar-refractivity contribution is -0.159. The molecule has 1 unspecified atom stereocenters. The predicted molar refractivity (Wildman–Crippen MR) is 174 cm³/mol. The second kappa shape index (κ2) is 17.5. The fourth-order valence-corrected chi connectivity index (χ4v) is 5.31. The summed E-state index contributed by atoms with van der Waals surface area (Å²) in [5, 5.41) is 31.2. The number of carbonyl (C=O) groups is 4. The van der Waals surface area contributed by atoms with Gasteiger partial charge in [-0.1, -0.05) is 56.2 Å².